The van der Waals surface area contributed by atoms with E-state index < -0.39 is 0 Å². The lowest BCUT2D eigenvalue weighted by molar-refractivity contribution is 0.0992. The van der Waals surface area contributed by atoms with Crippen LogP contribution in [0.25, 0.3) is 0 Å². The van der Waals surface area contributed by atoms with Gasteiger partial charge in [0.1, 0.15) is 5.75 Å². The molecule has 0 atom stereocenters. The maximum absolute atomic E-state index is 12.7. The quantitative estimate of drug-likeness (QED) is 0.940. The van der Waals surface area contributed by atoms with Crippen molar-refractivity contribution in [3.63, 3.8) is 0 Å². The predicted molar refractivity (Wildman–Crippen MR) is 82.7 cm³/mol. The Kier molecular flexibility index (Phi) is 3.62. The van der Waals surface area contributed by atoms with Crippen molar-refractivity contribution < 1.29 is 9.53 Å². The second kappa shape index (κ2) is 5.58. The van der Waals surface area contributed by atoms with Crippen LogP contribution in [0.4, 0.5) is 5.69 Å². The number of rotatable bonds is 3. The monoisotopic (exact) mass is 282 g/mol. The van der Waals surface area contributed by atoms with Gasteiger partial charge in [0.15, 0.2) is 0 Å². The SMILES string of the molecule is COc1ccccc1N(C)C(=O)c1ccc2c(c1)CNC2. The summed E-state index contributed by atoms with van der Waals surface area (Å²) in [6.07, 6.45) is 0. The van der Waals surface area contributed by atoms with Crippen LogP contribution in [0.1, 0.15) is 21.5 Å². The van der Waals surface area contributed by atoms with Crippen LogP contribution in [0, 0.1) is 0 Å². The molecule has 0 radical (unpaired) electrons. The molecule has 4 heteroatoms. The normalized spacial score (nSPS) is 12.9. The molecule has 0 fully saturated rings. The number of nitrogens with zero attached hydrogens (tertiary/aromatic N) is 1. The van der Waals surface area contributed by atoms with Gasteiger partial charge in [-0.3, -0.25) is 4.79 Å². The van der Waals surface area contributed by atoms with Crippen LogP contribution in [-0.2, 0) is 13.1 Å². The summed E-state index contributed by atoms with van der Waals surface area (Å²) in [5, 5.41) is 3.29. The number of methoxy groups -OCH3 is 1. The summed E-state index contributed by atoms with van der Waals surface area (Å²) in [6.45, 7) is 1.71. The van der Waals surface area contributed by atoms with Gasteiger partial charge in [0, 0.05) is 25.7 Å². The third kappa shape index (κ3) is 2.50. The number of benzene rings is 2. The summed E-state index contributed by atoms with van der Waals surface area (Å²) in [7, 11) is 3.38. The molecular formula is C17H18N2O2. The van der Waals surface area contributed by atoms with E-state index >= 15 is 0 Å². The third-order valence-corrected chi connectivity index (χ3v) is 3.84. The summed E-state index contributed by atoms with van der Waals surface area (Å²) in [5.41, 5.74) is 3.94. The van der Waals surface area contributed by atoms with Crippen molar-refractivity contribution in [3.05, 3.63) is 59.2 Å². The summed E-state index contributed by atoms with van der Waals surface area (Å²) < 4.78 is 5.32. The Balaban J connectivity index is 1.91. The average molecular weight is 282 g/mol. The van der Waals surface area contributed by atoms with Gasteiger partial charge in [-0.15, -0.1) is 0 Å². The van der Waals surface area contributed by atoms with E-state index in [4.69, 9.17) is 4.74 Å². The molecule has 0 unspecified atom stereocenters. The number of hydrogen-bond acceptors (Lipinski definition) is 3. The van der Waals surface area contributed by atoms with Crippen molar-refractivity contribution in [2.24, 2.45) is 0 Å². The van der Waals surface area contributed by atoms with Crippen LogP contribution in [0.2, 0.25) is 0 Å². The zero-order chi connectivity index (χ0) is 14.8. The highest BCUT2D eigenvalue weighted by molar-refractivity contribution is 6.06. The molecule has 4 nitrogen and oxygen atoms in total. The number of para-hydroxylation sites is 2. The zero-order valence-electron chi connectivity index (χ0n) is 12.2. The minimum Gasteiger partial charge on any atom is -0.495 e. The first-order chi connectivity index (χ1) is 10.2. The third-order valence-electron chi connectivity index (χ3n) is 3.84. The van der Waals surface area contributed by atoms with Crippen LogP contribution in [0.5, 0.6) is 5.75 Å². The van der Waals surface area contributed by atoms with Crippen molar-refractivity contribution in [1.29, 1.82) is 0 Å². The van der Waals surface area contributed by atoms with E-state index in [2.05, 4.69) is 5.32 Å². The summed E-state index contributed by atoms with van der Waals surface area (Å²) in [6, 6.07) is 13.4. The molecule has 0 aromatic heterocycles. The standard InChI is InChI=1S/C17H18N2O2/c1-19(15-5-3-4-6-16(15)21-2)17(20)12-7-8-13-10-18-11-14(13)9-12/h3-9,18H,10-11H2,1-2H3. The van der Waals surface area contributed by atoms with Gasteiger partial charge in [-0.05, 0) is 35.4 Å². The fraction of sp³-hybridized carbons (Fsp3) is 0.235. The Morgan fingerprint density at radius 3 is 2.71 bits per heavy atom. The molecule has 2 aromatic rings. The maximum Gasteiger partial charge on any atom is 0.258 e. The van der Waals surface area contributed by atoms with Gasteiger partial charge in [-0.25, -0.2) is 0 Å². The molecule has 1 aliphatic heterocycles. The summed E-state index contributed by atoms with van der Waals surface area (Å²) in [4.78, 5) is 14.3. The molecule has 0 bridgehead atoms. The Hall–Kier alpha value is -2.33. The van der Waals surface area contributed by atoms with Gasteiger partial charge >= 0.3 is 0 Å². The highest BCUT2D eigenvalue weighted by Gasteiger charge is 2.19. The lowest BCUT2D eigenvalue weighted by Gasteiger charge is -2.20. The van der Waals surface area contributed by atoms with Crippen molar-refractivity contribution in [1.82, 2.24) is 5.32 Å². The van der Waals surface area contributed by atoms with Crippen molar-refractivity contribution >= 4 is 11.6 Å². The highest BCUT2D eigenvalue weighted by Crippen LogP contribution is 2.28. The Morgan fingerprint density at radius 1 is 1.14 bits per heavy atom. The van der Waals surface area contributed by atoms with Gasteiger partial charge in [-0.1, -0.05) is 18.2 Å². The number of fused-ring (bicyclic) bond motifs is 1. The molecule has 1 aliphatic rings. The Morgan fingerprint density at radius 2 is 1.90 bits per heavy atom. The van der Waals surface area contributed by atoms with E-state index in [0.29, 0.717) is 11.3 Å². The lowest BCUT2D eigenvalue weighted by Crippen LogP contribution is -2.26. The van der Waals surface area contributed by atoms with E-state index in [1.807, 2.05) is 42.5 Å². The number of carbonyl (C=O) groups is 1. The summed E-state index contributed by atoms with van der Waals surface area (Å²) in [5.74, 6) is 0.658. The minimum atomic E-state index is -0.0331. The first kappa shape index (κ1) is 13.6. The molecule has 1 N–H and O–H groups in total. The zero-order valence-corrected chi connectivity index (χ0v) is 12.2. The molecule has 21 heavy (non-hydrogen) atoms. The number of ether oxygens (including phenoxy) is 1. The smallest absolute Gasteiger partial charge is 0.258 e. The number of hydrogen-bond donors (Lipinski definition) is 1. The number of anilines is 1. The average Bonchev–Trinajstić information content (AvgIpc) is 3.00. The minimum absolute atomic E-state index is 0.0331. The second-order valence-corrected chi connectivity index (χ2v) is 5.12. The molecule has 0 saturated heterocycles. The molecule has 2 aromatic carbocycles. The van der Waals surface area contributed by atoms with Gasteiger partial charge in [0.2, 0.25) is 0 Å². The molecule has 1 amide bonds. The van der Waals surface area contributed by atoms with Crippen LogP contribution in [0.3, 0.4) is 0 Å². The predicted octanol–water partition coefficient (Wildman–Crippen LogP) is 2.58. The number of carbonyl (C=O) groups excluding carboxylic acids is 1. The fourth-order valence-electron chi connectivity index (χ4n) is 2.64. The molecule has 0 spiro atoms. The van der Waals surface area contributed by atoms with Gasteiger partial charge in [0.05, 0.1) is 12.8 Å². The van der Waals surface area contributed by atoms with Gasteiger partial charge in [0.25, 0.3) is 5.91 Å². The van der Waals surface area contributed by atoms with Crippen LogP contribution < -0.4 is 15.0 Å². The van der Waals surface area contributed by atoms with Crippen molar-refractivity contribution in [3.8, 4) is 5.75 Å². The van der Waals surface area contributed by atoms with Crippen molar-refractivity contribution in [2.45, 2.75) is 13.1 Å². The number of nitrogens with one attached hydrogen (secondary N) is 1. The molecule has 108 valence electrons. The first-order valence-electron chi connectivity index (χ1n) is 6.94. The Labute approximate surface area is 124 Å². The molecular weight excluding hydrogens is 264 g/mol. The van der Waals surface area contributed by atoms with Crippen molar-refractivity contribution in [2.75, 3.05) is 19.1 Å². The molecule has 0 saturated carbocycles. The summed E-state index contributed by atoms with van der Waals surface area (Å²) >= 11 is 0. The molecule has 3 rings (SSSR count). The van der Waals surface area contributed by atoms with E-state index in [1.165, 1.54) is 11.1 Å². The first-order valence-corrected chi connectivity index (χ1v) is 6.94. The highest BCUT2D eigenvalue weighted by atomic mass is 16.5. The van der Waals surface area contributed by atoms with Crippen LogP contribution in [-0.4, -0.2) is 20.1 Å². The largest absolute Gasteiger partial charge is 0.495 e. The van der Waals surface area contributed by atoms with E-state index in [-0.39, 0.29) is 5.91 Å². The van der Waals surface area contributed by atoms with Crippen LogP contribution >= 0.6 is 0 Å². The van der Waals surface area contributed by atoms with E-state index in [0.717, 1.165) is 18.8 Å². The molecule has 1 heterocycles. The van der Waals surface area contributed by atoms with E-state index in [9.17, 15) is 4.79 Å². The van der Waals surface area contributed by atoms with Gasteiger partial charge < -0.3 is 15.0 Å². The Bertz CT molecular complexity index is 682. The van der Waals surface area contributed by atoms with Crippen LogP contribution in [0.15, 0.2) is 42.5 Å². The van der Waals surface area contributed by atoms with Gasteiger partial charge in [-0.2, -0.15) is 0 Å². The lowest BCUT2D eigenvalue weighted by atomic mass is 10.1. The second-order valence-electron chi connectivity index (χ2n) is 5.12. The van der Waals surface area contributed by atoms with E-state index in [1.54, 1.807) is 19.1 Å². The molecule has 0 aliphatic carbocycles. The fourth-order valence-corrected chi connectivity index (χ4v) is 2.64. The maximum atomic E-state index is 12.7. The number of amides is 1. The topological polar surface area (TPSA) is 41.6 Å².